The van der Waals surface area contributed by atoms with Crippen molar-refractivity contribution in [1.82, 2.24) is 15.5 Å². The van der Waals surface area contributed by atoms with E-state index in [1.54, 1.807) is 0 Å². The van der Waals surface area contributed by atoms with Crippen molar-refractivity contribution in [2.75, 3.05) is 11.9 Å². The lowest BCUT2D eigenvalue weighted by molar-refractivity contribution is -0.139. The molecule has 1 aliphatic rings. The molecule has 9 nitrogen and oxygen atoms in total. The molecule has 3 N–H and O–H groups in total. The van der Waals surface area contributed by atoms with Gasteiger partial charge in [0.25, 0.3) is 0 Å². The number of aliphatic carboxylic acids is 1. The highest BCUT2D eigenvalue weighted by Gasteiger charge is 2.30. The molecule has 2 aromatic carbocycles. The van der Waals surface area contributed by atoms with Crippen molar-refractivity contribution in [1.29, 1.82) is 0 Å². The van der Waals surface area contributed by atoms with E-state index in [4.69, 9.17) is 4.74 Å². The highest BCUT2D eigenvalue weighted by atomic mass is 32.1. The lowest BCUT2D eigenvalue weighted by Gasteiger charge is -2.18. The number of carbonyl (C=O) groups excluding carboxylic acids is 2. The summed E-state index contributed by atoms with van der Waals surface area (Å²) in [5.41, 5.74) is 4.28. The van der Waals surface area contributed by atoms with Gasteiger partial charge in [0.2, 0.25) is 11.0 Å². The molecule has 2 amide bonds. The molecule has 0 saturated heterocycles. The number of carboxylic acid groups (broad SMARTS) is 1. The number of alkyl carbamates (subject to hydrolysis) is 1. The van der Waals surface area contributed by atoms with Crippen molar-refractivity contribution in [3.05, 3.63) is 64.7 Å². The SMILES string of the molecule is CCc1nnc(NC(=O)C(CC(=O)O)NC(=O)OCC2c3ccccc3-c3ccccc32)s1. The van der Waals surface area contributed by atoms with Gasteiger partial charge in [-0.2, -0.15) is 0 Å². The number of aryl methyl sites for hydroxylation is 1. The number of rotatable bonds is 8. The predicted octanol–water partition coefficient (Wildman–Crippen LogP) is 3.42. The van der Waals surface area contributed by atoms with Gasteiger partial charge >= 0.3 is 12.1 Å². The Morgan fingerprint density at radius 3 is 2.27 bits per heavy atom. The Bertz CT molecular complexity index is 1150. The summed E-state index contributed by atoms with van der Waals surface area (Å²) in [6.45, 7) is 1.95. The quantitative estimate of drug-likeness (QED) is 0.464. The van der Waals surface area contributed by atoms with Gasteiger partial charge in [0.1, 0.15) is 17.7 Å². The molecule has 1 heterocycles. The lowest BCUT2D eigenvalue weighted by atomic mass is 9.98. The summed E-state index contributed by atoms with van der Waals surface area (Å²) in [5.74, 6) is -2.09. The molecule has 1 aromatic heterocycles. The third kappa shape index (κ3) is 5.01. The normalized spacial score (nSPS) is 13.0. The highest BCUT2D eigenvalue weighted by Crippen LogP contribution is 2.44. The number of anilines is 1. The highest BCUT2D eigenvalue weighted by molar-refractivity contribution is 7.15. The van der Waals surface area contributed by atoms with Crippen LogP contribution in [0.25, 0.3) is 11.1 Å². The van der Waals surface area contributed by atoms with Crippen LogP contribution in [0.2, 0.25) is 0 Å². The van der Waals surface area contributed by atoms with Crippen LogP contribution in [-0.2, 0) is 20.7 Å². The third-order valence-corrected chi connectivity index (χ3v) is 6.31. The molecule has 3 aromatic rings. The number of benzene rings is 2. The Hall–Kier alpha value is -3.79. The van der Waals surface area contributed by atoms with E-state index in [-0.39, 0.29) is 17.7 Å². The van der Waals surface area contributed by atoms with Crippen molar-refractivity contribution in [3.63, 3.8) is 0 Å². The molecule has 0 saturated carbocycles. The predicted molar refractivity (Wildman–Crippen MR) is 122 cm³/mol. The lowest BCUT2D eigenvalue weighted by Crippen LogP contribution is -2.45. The first kappa shape index (κ1) is 22.4. The molecule has 33 heavy (non-hydrogen) atoms. The molecule has 1 unspecified atom stereocenters. The number of fused-ring (bicyclic) bond motifs is 3. The number of amides is 2. The summed E-state index contributed by atoms with van der Waals surface area (Å²) in [5, 5.41) is 22.8. The molecule has 0 bridgehead atoms. The van der Waals surface area contributed by atoms with Crippen LogP contribution in [0.4, 0.5) is 9.93 Å². The second-order valence-electron chi connectivity index (χ2n) is 7.46. The number of carbonyl (C=O) groups is 3. The fourth-order valence-electron chi connectivity index (χ4n) is 3.81. The second kappa shape index (κ2) is 9.78. The molecular formula is C23H22N4O5S. The van der Waals surface area contributed by atoms with Gasteiger partial charge in [-0.1, -0.05) is 66.8 Å². The van der Waals surface area contributed by atoms with Crippen molar-refractivity contribution < 1.29 is 24.2 Å². The van der Waals surface area contributed by atoms with Gasteiger partial charge in [-0.15, -0.1) is 10.2 Å². The maximum atomic E-state index is 12.6. The van der Waals surface area contributed by atoms with Gasteiger partial charge < -0.3 is 15.2 Å². The maximum Gasteiger partial charge on any atom is 0.407 e. The van der Waals surface area contributed by atoms with Gasteiger partial charge in [-0.25, -0.2) is 4.79 Å². The zero-order chi connectivity index (χ0) is 23.4. The molecule has 170 valence electrons. The molecule has 1 aliphatic carbocycles. The second-order valence-corrected chi connectivity index (χ2v) is 8.53. The third-order valence-electron chi connectivity index (χ3n) is 5.33. The zero-order valence-electron chi connectivity index (χ0n) is 17.8. The number of carboxylic acids is 1. The Morgan fingerprint density at radius 1 is 1.06 bits per heavy atom. The summed E-state index contributed by atoms with van der Waals surface area (Å²) >= 11 is 1.18. The monoisotopic (exact) mass is 466 g/mol. The van der Waals surface area contributed by atoms with Crippen LogP contribution in [0.3, 0.4) is 0 Å². The van der Waals surface area contributed by atoms with Gasteiger partial charge in [0.05, 0.1) is 6.42 Å². The first-order valence-corrected chi connectivity index (χ1v) is 11.2. The van der Waals surface area contributed by atoms with Crippen LogP contribution >= 0.6 is 11.3 Å². The fourth-order valence-corrected chi connectivity index (χ4v) is 4.49. The minimum atomic E-state index is -1.33. The summed E-state index contributed by atoms with van der Waals surface area (Å²) in [6, 6.07) is 14.5. The zero-order valence-corrected chi connectivity index (χ0v) is 18.6. The molecule has 0 fully saturated rings. The number of aromatic nitrogens is 2. The fraction of sp³-hybridized carbons (Fsp3) is 0.261. The number of nitrogens with zero attached hydrogens (tertiary/aromatic N) is 2. The molecule has 0 aliphatic heterocycles. The molecular weight excluding hydrogens is 444 g/mol. The molecule has 10 heteroatoms. The average molecular weight is 467 g/mol. The average Bonchev–Trinajstić information content (AvgIpc) is 3.39. The summed E-state index contributed by atoms with van der Waals surface area (Å²) in [7, 11) is 0. The van der Waals surface area contributed by atoms with E-state index in [0.29, 0.717) is 6.42 Å². The Kier molecular flexibility index (Phi) is 6.64. The van der Waals surface area contributed by atoms with E-state index in [1.807, 2.05) is 55.5 Å². The van der Waals surface area contributed by atoms with Crippen molar-refractivity contribution in [2.45, 2.75) is 31.7 Å². The van der Waals surface area contributed by atoms with Crippen LogP contribution in [-0.4, -0.2) is 45.9 Å². The maximum absolute atomic E-state index is 12.6. The van der Waals surface area contributed by atoms with E-state index >= 15 is 0 Å². The topological polar surface area (TPSA) is 131 Å². The standard InChI is InChI=1S/C23H22N4O5S/c1-2-19-26-27-22(33-19)25-21(30)18(11-20(28)29)24-23(31)32-12-17-15-9-5-3-7-13(15)14-8-4-6-10-16(14)17/h3-10,17-18H,2,11-12H2,1H3,(H,24,31)(H,28,29)(H,25,27,30). The number of hydrogen-bond donors (Lipinski definition) is 3. The smallest absolute Gasteiger partial charge is 0.407 e. The van der Waals surface area contributed by atoms with E-state index < -0.39 is 30.4 Å². The summed E-state index contributed by atoms with van der Waals surface area (Å²) in [4.78, 5) is 36.3. The van der Waals surface area contributed by atoms with Gasteiger partial charge in [-0.3, -0.25) is 14.9 Å². The number of nitrogens with one attached hydrogen (secondary N) is 2. The Morgan fingerprint density at radius 2 is 1.70 bits per heavy atom. The molecule has 4 rings (SSSR count). The van der Waals surface area contributed by atoms with Gasteiger partial charge in [-0.05, 0) is 28.7 Å². The van der Waals surface area contributed by atoms with E-state index in [0.717, 1.165) is 27.3 Å². The molecule has 0 spiro atoms. The van der Waals surface area contributed by atoms with E-state index in [9.17, 15) is 19.5 Å². The van der Waals surface area contributed by atoms with Crippen molar-refractivity contribution in [2.24, 2.45) is 0 Å². The first-order chi connectivity index (χ1) is 16.0. The number of hydrogen-bond acceptors (Lipinski definition) is 7. The van der Waals surface area contributed by atoms with Crippen LogP contribution in [0.15, 0.2) is 48.5 Å². The minimum absolute atomic E-state index is 0.0531. The van der Waals surface area contributed by atoms with Crippen molar-refractivity contribution >= 4 is 34.4 Å². The van der Waals surface area contributed by atoms with E-state index in [1.165, 1.54) is 11.3 Å². The van der Waals surface area contributed by atoms with E-state index in [2.05, 4.69) is 20.8 Å². The van der Waals surface area contributed by atoms with Gasteiger partial charge in [0.15, 0.2) is 0 Å². The van der Waals surface area contributed by atoms with Crippen LogP contribution < -0.4 is 10.6 Å². The molecule has 1 atom stereocenters. The van der Waals surface area contributed by atoms with Crippen molar-refractivity contribution in [3.8, 4) is 11.1 Å². The minimum Gasteiger partial charge on any atom is -0.481 e. The van der Waals surface area contributed by atoms with Gasteiger partial charge in [0, 0.05) is 5.92 Å². The first-order valence-electron chi connectivity index (χ1n) is 10.4. The van der Waals surface area contributed by atoms with Crippen LogP contribution in [0.1, 0.15) is 35.4 Å². The number of ether oxygens (including phenoxy) is 1. The summed E-state index contributed by atoms with van der Waals surface area (Å²) < 4.78 is 5.43. The molecule has 0 radical (unpaired) electrons. The summed E-state index contributed by atoms with van der Waals surface area (Å²) in [6.07, 6.45) is -0.815. The van der Waals surface area contributed by atoms with Crippen LogP contribution in [0, 0.1) is 0 Å². The Labute approximate surface area is 193 Å². The van der Waals surface area contributed by atoms with Crippen LogP contribution in [0.5, 0.6) is 0 Å². The Balaban J connectivity index is 1.41. The largest absolute Gasteiger partial charge is 0.481 e.